The Morgan fingerprint density at radius 3 is 1.73 bits per heavy atom. The first-order chi connectivity index (χ1) is 36.0. The first-order valence-corrected chi connectivity index (χ1v) is 26.0. The predicted molar refractivity (Wildman–Crippen MR) is 327 cm³/mol. The van der Waals surface area contributed by atoms with Gasteiger partial charge >= 0.3 is 0 Å². The van der Waals surface area contributed by atoms with Gasteiger partial charge in [-0.25, -0.2) is 0 Å². The van der Waals surface area contributed by atoms with Crippen molar-refractivity contribution in [3.8, 4) is 11.1 Å². The summed E-state index contributed by atoms with van der Waals surface area (Å²) in [6, 6.07) is 52.8. The number of allylic oxidation sites excluding steroid dienone is 10. The third-order valence-electron chi connectivity index (χ3n) is 15.3. The van der Waals surface area contributed by atoms with E-state index in [2.05, 4.69) is 267 Å². The third-order valence-corrected chi connectivity index (χ3v) is 15.3. The van der Waals surface area contributed by atoms with Gasteiger partial charge in [-0.15, -0.1) is 0 Å². The maximum Gasteiger partial charge on any atom is 0.0536 e. The molecule has 0 radical (unpaired) electrons. The topological polar surface area (TPSA) is 6.48 Å². The van der Waals surface area contributed by atoms with Crippen molar-refractivity contribution >= 4 is 87.9 Å². The third kappa shape index (κ3) is 8.65. The largest absolute Gasteiger partial charge is 0.337 e. The Balaban J connectivity index is 1.38. The van der Waals surface area contributed by atoms with E-state index in [1.165, 1.54) is 126 Å². The average molecular weight is 959 g/mol. The van der Waals surface area contributed by atoms with Crippen LogP contribution >= 0.6 is 0 Å². The molecule has 0 fully saturated rings. The van der Waals surface area contributed by atoms with Gasteiger partial charge in [0.25, 0.3) is 0 Å². The van der Waals surface area contributed by atoms with Gasteiger partial charge in [-0.1, -0.05) is 164 Å². The number of hydrogen-bond donors (Lipinski definition) is 0. The minimum absolute atomic E-state index is 0.703. The molecule has 0 saturated carbocycles. The Hall–Kier alpha value is -8.46. The van der Waals surface area contributed by atoms with E-state index in [-0.39, 0.29) is 0 Å². The predicted octanol–water partition coefficient (Wildman–Crippen LogP) is 19.6. The minimum atomic E-state index is 0.703. The van der Waals surface area contributed by atoms with Crippen molar-refractivity contribution in [2.75, 3.05) is 16.3 Å². The maximum absolute atomic E-state index is 4.30. The summed E-state index contributed by atoms with van der Waals surface area (Å²) in [5.74, 6) is 0. The molecule has 364 valence electrons. The van der Waals surface area contributed by atoms with Crippen LogP contribution in [0.1, 0.15) is 59.7 Å². The van der Waals surface area contributed by atoms with Gasteiger partial charge in [-0.05, 0) is 221 Å². The SMILES string of the molecule is C=C/C=C\C(C)=C/CN(c1ccc(C)c(C)c1)c1ccc2c3c(-c4ccccc4)c4cc5/c(=C(\C=C/C)N(c6ccc(C)c(C)c6)c6ccc(C)c(C)c6)cccc5c4c(C(/C=C\C)=C/C=C)c3c3cccc1c23. The zero-order chi connectivity index (χ0) is 51.8. The molecule has 0 aliphatic heterocycles. The molecule has 0 aliphatic rings. The summed E-state index contributed by atoms with van der Waals surface area (Å²) >= 11 is 0. The van der Waals surface area contributed by atoms with Gasteiger partial charge in [0.05, 0.1) is 5.70 Å². The van der Waals surface area contributed by atoms with Gasteiger partial charge in [0.1, 0.15) is 0 Å². The maximum atomic E-state index is 4.30. The number of benzene rings is 8. The monoisotopic (exact) mass is 959 g/mol. The number of rotatable bonds is 14. The molecule has 0 heterocycles. The van der Waals surface area contributed by atoms with Crippen LogP contribution in [0.25, 0.3) is 76.3 Å². The number of hydrogen-bond acceptors (Lipinski definition) is 2. The van der Waals surface area contributed by atoms with Crippen LogP contribution in [-0.2, 0) is 0 Å². The van der Waals surface area contributed by atoms with Crippen LogP contribution in [0.2, 0.25) is 0 Å². The van der Waals surface area contributed by atoms with E-state index >= 15 is 0 Å². The van der Waals surface area contributed by atoms with Gasteiger partial charge in [-0.3, -0.25) is 0 Å². The van der Waals surface area contributed by atoms with Crippen LogP contribution in [0, 0.1) is 41.5 Å². The fourth-order valence-electron chi connectivity index (χ4n) is 11.2. The molecule has 0 atom stereocenters. The van der Waals surface area contributed by atoms with Crippen molar-refractivity contribution in [3.05, 3.63) is 263 Å². The van der Waals surface area contributed by atoms with Crippen molar-refractivity contribution in [2.45, 2.75) is 62.3 Å². The normalized spacial score (nSPS) is 13.0. The van der Waals surface area contributed by atoms with Crippen LogP contribution in [-0.4, -0.2) is 6.54 Å². The smallest absolute Gasteiger partial charge is 0.0536 e. The van der Waals surface area contributed by atoms with Crippen LogP contribution in [0.5, 0.6) is 0 Å². The lowest BCUT2D eigenvalue weighted by molar-refractivity contribution is 1.09. The van der Waals surface area contributed by atoms with Gasteiger partial charge in [-0.2, -0.15) is 0 Å². The molecular weight excluding hydrogens is 893 g/mol. The molecule has 0 N–H and O–H groups in total. The van der Waals surface area contributed by atoms with Crippen molar-refractivity contribution in [2.24, 2.45) is 0 Å². The summed E-state index contributed by atoms with van der Waals surface area (Å²) < 4.78 is 0. The molecule has 0 aromatic heterocycles. The second kappa shape index (κ2) is 20.6. The zero-order valence-corrected chi connectivity index (χ0v) is 44.6. The second-order valence-corrected chi connectivity index (χ2v) is 20.0. The Kier molecular flexibility index (Phi) is 13.7. The van der Waals surface area contributed by atoms with E-state index in [9.17, 15) is 0 Å². The molecule has 0 amide bonds. The molecule has 2 heteroatoms. The van der Waals surface area contributed by atoms with Crippen molar-refractivity contribution < 1.29 is 0 Å². The lowest BCUT2D eigenvalue weighted by Crippen LogP contribution is -2.22. The molecule has 0 aliphatic carbocycles. The van der Waals surface area contributed by atoms with Gasteiger partial charge in [0.15, 0.2) is 0 Å². The highest BCUT2D eigenvalue weighted by molar-refractivity contribution is 6.41. The van der Waals surface area contributed by atoms with Gasteiger partial charge in [0, 0.05) is 39.9 Å². The number of anilines is 4. The van der Waals surface area contributed by atoms with Crippen molar-refractivity contribution in [3.63, 3.8) is 0 Å². The first-order valence-electron chi connectivity index (χ1n) is 26.0. The van der Waals surface area contributed by atoms with E-state index in [1.807, 2.05) is 18.2 Å². The lowest BCUT2D eigenvalue weighted by Gasteiger charge is -2.28. The molecule has 10 aromatic carbocycles. The summed E-state index contributed by atoms with van der Waals surface area (Å²) in [5.41, 5.74) is 19.3. The summed E-state index contributed by atoms with van der Waals surface area (Å²) in [7, 11) is 0. The average Bonchev–Trinajstić information content (AvgIpc) is 3.95. The Bertz CT molecular complexity index is 4010. The Morgan fingerprint density at radius 1 is 0.486 bits per heavy atom. The Morgan fingerprint density at radius 2 is 1.09 bits per heavy atom. The fourth-order valence-corrected chi connectivity index (χ4v) is 11.2. The zero-order valence-electron chi connectivity index (χ0n) is 44.6. The van der Waals surface area contributed by atoms with E-state index in [1.54, 1.807) is 0 Å². The van der Waals surface area contributed by atoms with E-state index in [0.29, 0.717) is 6.54 Å². The highest BCUT2D eigenvalue weighted by Gasteiger charge is 2.28. The standard InChI is InChI=1S/C72H66N2/c1-12-16-25-46(5)40-41-73(55-35-32-47(6)50(9)42-55)65-39-38-62-69-60(65)30-21-31-61(69)72-68(53(22-13-2)23-14-3)70-59-29-20-28-58(63(59)45-64(70)67(71(62)72)54-26-18-17-19-27-54)66(24-15-4)74(56-36-33-48(7)51(10)43-56)57-37-34-49(8)52(11)44-57/h12-40,42-45H,1-2,41H2,3-11H3/b23-14-,24-15-,25-16-,46-40-,53-22+,66-58+. The van der Waals surface area contributed by atoms with Crippen molar-refractivity contribution in [1.29, 1.82) is 0 Å². The van der Waals surface area contributed by atoms with E-state index in [4.69, 9.17) is 0 Å². The fraction of sp³-hybridized carbons (Fsp3) is 0.139. The second-order valence-electron chi connectivity index (χ2n) is 20.0. The summed E-state index contributed by atoms with van der Waals surface area (Å²) in [4.78, 5) is 4.94. The Labute approximate surface area is 438 Å². The minimum Gasteiger partial charge on any atom is -0.337 e. The molecule has 2 nitrogen and oxygen atoms in total. The number of aryl methyl sites for hydroxylation is 6. The summed E-state index contributed by atoms with van der Waals surface area (Å²) in [6.07, 6.45) is 21.3. The highest BCUT2D eigenvalue weighted by Crippen LogP contribution is 2.53. The number of nitrogens with zero attached hydrogens (tertiary/aromatic N) is 2. The highest BCUT2D eigenvalue weighted by atomic mass is 15.1. The molecule has 0 spiro atoms. The molecule has 10 rings (SSSR count). The molecule has 10 aromatic rings. The molecule has 74 heavy (non-hydrogen) atoms. The van der Waals surface area contributed by atoms with Gasteiger partial charge in [0.2, 0.25) is 0 Å². The van der Waals surface area contributed by atoms with E-state index in [0.717, 1.165) is 22.6 Å². The van der Waals surface area contributed by atoms with Crippen molar-refractivity contribution in [1.82, 2.24) is 0 Å². The van der Waals surface area contributed by atoms with Crippen LogP contribution < -0.4 is 15.0 Å². The quantitative estimate of drug-likeness (QED) is 0.100. The first kappa shape index (κ1) is 49.1. The van der Waals surface area contributed by atoms with Crippen LogP contribution in [0.15, 0.2) is 219 Å². The van der Waals surface area contributed by atoms with Crippen LogP contribution in [0.3, 0.4) is 0 Å². The van der Waals surface area contributed by atoms with Gasteiger partial charge < -0.3 is 9.80 Å². The molecule has 0 bridgehead atoms. The molecule has 0 unspecified atom stereocenters. The molecule has 0 saturated heterocycles. The summed E-state index contributed by atoms with van der Waals surface area (Å²) in [6.45, 7) is 28.5. The molecular formula is C72H66N2. The lowest BCUT2D eigenvalue weighted by atomic mass is 9.87. The van der Waals surface area contributed by atoms with E-state index < -0.39 is 0 Å². The number of fused-ring (bicyclic) bond motifs is 6. The van der Waals surface area contributed by atoms with Crippen LogP contribution in [0.4, 0.5) is 22.7 Å². The summed E-state index contributed by atoms with van der Waals surface area (Å²) in [5, 5.41) is 13.6.